The van der Waals surface area contributed by atoms with Crippen LogP contribution in [0.3, 0.4) is 0 Å². The molecule has 0 saturated heterocycles. The molecule has 0 aromatic heterocycles. The van der Waals surface area contributed by atoms with Crippen LogP contribution in [0.4, 0.5) is 0 Å². The Hall–Kier alpha value is -0.780. The summed E-state index contributed by atoms with van der Waals surface area (Å²) in [6.45, 7) is 24.6. The third-order valence-corrected chi connectivity index (χ3v) is 4.27. The molecule has 122 valence electrons. The largest absolute Gasteiger partial charge is 0.100 e. The average molecular weight is 291 g/mol. The van der Waals surface area contributed by atoms with Crippen molar-refractivity contribution >= 4 is 0 Å². The molecule has 0 saturated carbocycles. The highest BCUT2D eigenvalue weighted by atomic mass is 14.3. The molecule has 0 atom stereocenters. The van der Waals surface area contributed by atoms with Gasteiger partial charge in [-0.3, -0.25) is 0 Å². The van der Waals surface area contributed by atoms with Crippen LogP contribution < -0.4 is 0 Å². The molecule has 0 unspecified atom stereocenters. The summed E-state index contributed by atoms with van der Waals surface area (Å²) in [4.78, 5) is 0. The molecule has 21 heavy (non-hydrogen) atoms. The van der Waals surface area contributed by atoms with Crippen molar-refractivity contribution in [2.24, 2.45) is 10.8 Å². The van der Waals surface area contributed by atoms with Crippen LogP contribution in [0.1, 0.15) is 88.0 Å². The summed E-state index contributed by atoms with van der Waals surface area (Å²) in [5, 5.41) is 0. The maximum atomic E-state index is 4.03. The summed E-state index contributed by atoms with van der Waals surface area (Å²) in [6.07, 6.45) is 7.11. The van der Waals surface area contributed by atoms with Gasteiger partial charge in [0.1, 0.15) is 0 Å². The van der Waals surface area contributed by atoms with Crippen LogP contribution in [0.25, 0.3) is 0 Å². The summed E-state index contributed by atoms with van der Waals surface area (Å²) in [5.74, 6) is 0. The van der Waals surface area contributed by atoms with Gasteiger partial charge in [-0.05, 0) is 55.9 Å². The van der Waals surface area contributed by atoms with E-state index < -0.39 is 0 Å². The predicted octanol–water partition coefficient (Wildman–Crippen LogP) is 7.48. The van der Waals surface area contributed by atoms with Crippen LogP contribution in [0.15, 0.2) is 34.9 Å². The van der Waals surface area contributed by atoms with Crippen LogP contribution in [-0.2, 0) is 0 Å². The number of hydrogen-bond acceptors (Lipinski definition) is 0. The third kappa shape index (κ3) is 7.69. The van der Waals surface area contributed by atoms with Gasteiger partial charge in [0, 0.05) is 0 Å². The predicted molar refractivity (Wildman–Crippen MR) is 98.6 cm³/mol. The van der Waals surface area contributed by atoms with E-state index in [0.29, 0.717) is 0 Å². The molecule has 0 N–H and O–H groups in total. The fraction of sp³-hybridized carbons (Fsp3) is 0.714. The van der Waals surface area contributed by atoms with Crippen molar-refractivity contribution in [1.29, 1.82) is 0 Å². The van der Waals surface area contributed by atoms with E-state index in [4.69, 9.17) is 0 Å². The summed E-state index contributed by atoms with van der Waals surface area (Å²) >= 11 is 0. The average Bonchev–Trinajstić information content (AvgIpc) is 2.25. The van der Waals surface area contributed by atoms with Gasteiger partial charge in [-0.15, -0.1) is 6.58 Å². The summed E-state index contributed by atoms with van der Waals surface area (Å²) in [6, 6.07) is 0. The van der Waals surface area contributed by atoms with Crippen LogP contribution in [0.2, 0.25) is 0 Å². The van der Waals surface area contributed by atoms with E-state index in [1.165, 1.54) is 24.0 Å². The van der Waals surface area contributed by atoms with Crippen molar-refractivity contribution < 1.29 is 0 Å². The Kier molecular flexibility index (Phi) is 7.71. The smallest absolute Gasteiger partial charge is 0.0167 e. The molecular weight excluding hydrogens is 252 g/mol. The number of allylic oxidation sites excluding steroid dienone is 5. The first kappa shape index (κ1) is 20.2. The minimum atomic E-state index is 0.246. The van der Waals surface area contributed by atoms with E-state index in [1.54, 1.807) is 11.1 Å². The second-order valence-electron chi connectivity index (χ2n) is 8.50. The molecule has 0 aliphatic heterocycles. The van der Waals surface area contributed by atoms with Crippen molar-refractivity contribution in [2.75, 3.05) is 0 Å². The van der Waals surface area contributed by atoms with Crippen molar-refractivity contribution in [1.82, 2.24) is 0 Å². The van der Waals surface area contributed by atoms with E-state index in [1.807, 2.05) is 0 Å². The molecule has 0 spiro atoms. The fourth-order valence-electron chi connectivity index (χ4n) is 2.61. The standard InChI is InChI=1S/C21H38/c1-11-19(21(8,9)10)18(14-12-13-16(2)3)15-17(4)20(5,6)7/h15H,2,11-14H2,1,3-10H3/b17-15+,19-18+. The SMILES string of the molecule is C=C(C)CCCC(/C=C(\C)C(C)(C)C)=C(/CC)C(C)(C)C. The van der Waals surface area contributed by atoms with Gasteiger partial charge in [0.25, 0.3) is 0 Å². The molecular formula is C21H38. The molecule has 0 radical (unpaired) electrons. The molecule has 0 bridgehead atoms. The molecule has 0 heterocycles. The molecule has 0 aliphatic carbocycles. The van der Waals surface area contributed by atoms with Crippen LogP contribution in [0.5, 0.6) is 0 Å². The van der Waals surface area contributed by atoms with Gasteiger partial charge in [-0.2, -0.15) is 0 Å². The Balaban J connectivity index is 5.57. The third-order valence-electron chi connectivity index (χ3n) is 4.27. The fourth-order valence-corrected chi connectivity index (χ4v) is 2.61. The molecule has 0 amide bonds. The second kappa shape index (κ2) is 8.01. The van der Waals surface area contributed by atoms with Crippen LogP contribution in [-0.4, -0.2) is 0 Å². The number of hydrogen-bond donors (Lipinski definition) is 0. The summed E-state index contributed by atoms with van der Waals surface area (Å²) < 4.78 is 0. The first-order chi connectivity index (χ1) is 9.39. The maximum Gasteiger partial charge on any atom is -0.0167 e. The highest BCUT2D eigenvalue weighted by Gasteiger charge is 2.20. The highest BCUT2D eigenvalue weighted by Crippen LogP contribution is 2.35. The first-order valence-electron chi connectivity index (χ1n) is 8.45. The van der Waals surface area contributed by atoms with E-state index >= 15 is 0 Å². The molecule has 0 aromatic carbocycles. The summed E-state index contributed by atoms with van der Waals surface area (Å²) in [5.41, 5.74) is 6.42. The first-order valence-corrected chi connectivity index (χ1v) is 8.45. The Labute approximate surface area is 134 Å². The van der Waals surface area contributed by atoms with Gasteiger partial charge in [0.2, 0.25) is 0 Å². The van der Waals surface area contributed by atoms with E-state index in [9.17, 15) is 0 Å². The lowest BCUT2D eigenvalue weighted by Gasteiger charge is -2.27. The lowest BCUT2D eigenvalue weighted by molar-refractivity contribution is 0.478. The lowest BCUT2D eigenvalue weighted by Crippen LogP contribution is -2.13. The van der Waals surface area contributed by atoms with Crippen molar-refractivity contribution in [3.05, 3.63) is 34.9 Å². The molecule has 0 fully saturated rings. The van der Waals surface area contributed by atoms with Gasteiger partial charge in [-0.1, -0.05) is 71.3 Å². The van der Waals surface area contributed by atoms with Crippen LogP contribution in [0, 0.1) is 10.8 Å². The highest BCUT2D eigenvalue weighted by molar-refractivity contribution is 5.33. The van der Waals surface area contributed by atoms with Gasteiger partial charge < -0.3 is 0 Å². The van der Waals surface area contributed by atoms with Gasteiger partial charge in [-0.25, -0.2) is 0 Å². The van der Waals surface area contributed by atoms with Gasteiger partial charge in [0.05, 0.1) is 0 Å². The number of rotatable bonds is 6. The molecule has 0 heteroatoms. The van der Waals surface area contributed by atoms with E-state index in [2.05, 4.69) is 75.0 Å². The molecule has 0 nitrogen and oxygen atoms in total. The van der Waals surface area contributed by atoms with Gasteiger partial charge >= 0.3 is 0 Å². The topological polar surface area (TPSA) is 0 Å². The molecule has 0 aromatic rings. The zero-order valence-electron chi connectivity index (χ0n) is 16.1. The molecule has 0 aliphatic rings. The Morgan fingerprint density at radius 2 is 1.43 bits per heavy atom. The Bertz CT molecular complexity index is 402. The zero-order chi connectivity index (χ0) is 16.8. The van der Waals surface area contributed by atoms with Crippen molar-refractivity contribution in [3.63, 3.8) is 0 Å². The normalized spacial score (nSPS) is 15.0. The molecule has 0 rings (SSSR count). The Morgan fingerprint density at radius 1 is 0.905 bits per heavy atom. The zero-order valence-corrected chi connectivity index (χ0v) is 16.1. The quantitative estimate of drug-likeness (QED) is 0.351. The van der Waals surface area contributed by atoms with Gasteiger partial charge in [0.15, 0.2) is 0 Å². The maximum absolute atomic E-state index is 4.03. The monoisotopic (exact) mass is 290 g/mol. The Morgan fingerprint density at radius 3 is 1.76 bits per heavy atom. The van der Waals surface area contributed by atoms with E-state index in [0.717, 1.165) is 12.8 Å². The second-order valence-corrected chi connectivity index (χ2v) is 8.50. The lowest BCUT2D eigenvalue weighted by atomic mass is 9.78. The van der Waals surface area contributed by atoms with E-state index in [-0.39, 0.29) is 10.8 Å². The van der Waals surface area contributed by atoms with Crippen molar-refractivity contribution in [2.45, 2.75) is 88.0 Å². The summed E-state index contributed by atoms with van der Waals surface area (Å²) in [7, 11) is 0. The minimum Gasteiger partial charge on any atom is -0.100 e. The van der Waals surface area contributed by atoms with Crippen molar-refractivity contribution in [3.8, 4) is 0 Å². The minimum absolute atomic E-state index is 0.246. The van der Waals surface area contributed by atoms with Crippen LogP contribution >= 0.6 is 0 Å².